The van der Waals surface area contributed by atoms with Gasteiger partial charge >= 0.3 is 0 Å². The van der Waals surface area contributed by atoms with Crippen molar-refractivity contribution in [2.24, 2.45) is 0 Å². The molecule has 1 aliphatic rings. The van der Waals surface area contributed by atoms with Crippen molar-refractivity contribution in [2.75, 3.05) is 0 Å². The largest absolute Gasteiger partial charge is 1.00 e. The first-order chi connectivity index (χ1) is 2.50. The van der Waals surface area contributed by atoms with Crippen LogP contribution in [0, 0.1) is 28.4 Å². The van der Waals surface area contributed by atoms with E-state index in [2.05, 4.69) is 12.2 Å². The van der Waals surface area contributed by atoms with Crippen LogP contribution in [0.15, 0.2) is 18.2 Å². The van der Waals surface area contributed by atoms with Crippen LogP contribution in [-0.2, 0) is 25.8 Å². The monoisotopic (exact) mass is 395 g/mol. The quantitative estimate of drug-likeness (QED) is 0.283. The van der Waals surface area contributed by atoms with E-state index in [1.165, 1.54) is 0 Å². The van der Waals surface area contributed by atoms with Gasteiger partial charge in [0.15, 0.2) is 0 Å². The zero-order valence-corrected chi connectivity index (χ0v) is 13.4. The van der Waals surface area contributed by atoms with Gasteiger partial charge in [0.05, 0.1) is 0 Å². The second-order valence-corrected chi connectivity index (χ2v) is 1.00. The molecule has 0 nitrogen and oxygen atoms in total. The van der Waals surface area contributed by atoms with Crippen molar-refractivity contribution < 1.29 is 63.1 Å². The molecular formula is C8H14Cl3Hf-7. The van der Waals surface area contributed by atoms with Crippen molar-refractivity contribution in [3.63, 3.8) is 0 Å². The molecule has 0 fully saturated rings. The Kier molecular flexibility index (Phi) is 169. The van der Waals surface area contributed by atoms with E-state index in [0.717, 1.165) is 6.42 Å². The molecule has 0 heterocycles. The molecule has 0 amide bonds. The summed E-state index contributed by atoms with van der Waals surface area (Å²) in [4.78, 5) is 0. The maximum absolute atomic E-state index is 2.99. The van der Waals surface area contributed by atoms with Crippen LogP contribution in [0.5, 0.6) is 0 Å². The summed E-state index contributed by atoms with van der Waals surface area (Å²) in [6, 6.07) is 0. The van der Waals surface area contributed by atoms with E-state index >= 15 is 0 Å². The summed E-state index contributed by atoms with van der Waals surface area (Å²) in [5.41, 5.74) is 0. The van der Waals surface area contributed by atoms with E-state index in [0.29, 0.717) is 0 Å². The van der Waals surface area contributed by atoms with E-state index in [9.17, 15) is 0 Å². The molecule has 0 saturated heterocycles. The van der Waals surface area contributed by atoms with Crippen LogP contribution in [0.1, 0.15) is 6.42 Å². The van der Waals surface area contributed by atoms with Gasteiger partial charge in [0, 0.05) is 25.8 Å². The Morgan fingerprint density at radius 2 is 1.33 bits per heavy atom. The van der Waals surface area contributed by atoms with Gasteiger partial charge < -0.3 is 59.5 Å². The zero-order valence-electron chi connectivity index (χ0n) is 7.57. The standard InChI is InChI=1S/C5H5.3CH3.3ClH.Hf/c1-2-4-5-3-1;;;;;;;/h1-3H,4H2;3*1H3;3*1H;/q4*-1;;;;/p-3. The minimum Gasteiger partial charge on any atom is -1.00 e. The maximum Gasteiger partial charge on any atom is 0 e. The Labute approximate surface area is 115 Å². The van der Waals surface area contributed by atoms with Crippen LogP contribution in [0.2, 0.25) is 0 Å². The first-order valence-corrected chi connectivity index (χ1v) is 1.72. The van der Waals surface area contributed by atoms with E-state index in [-0.39, 0.29) is 85.3 Å². The Bertz CT molecular complexity index is 72.4. The van der Waals surface area contributed by atoms with Crippen molar-refractivity contribution in [3.05, 3.63) is 46.6 Å². The molecule has 12 heavy (non-hydrogen) atoms. The number of halogens is 3. The molecule has 0 aliphatic heterocycles. The molecule has 0 unspecified atom stereocenters. The summed E-state index contributed by atoms with van der Waals surface area (Å²) in [5, 5.41) is 0. The number of allylic oxidation sites excluding steroid dienone is 4. The Hall–Kier alpha value is 1.22. The molecular weight excluding hydrogens is 381 g/mol. The topological polar surface area (TPSA) is 0 Å². The van der Waals surface area contributed by atoms with Gasteiger partial charge in [-0.15, -0.1) is 6.42 Å². The zero-order chi connectivity index (χ0) is 3.54. The molecule has 0 aromatic carbocycles. The molecule has 0 N–H and O–H groups in total. The average molecular weight is 395 g/mol. The van der Waals surface area contributed by atoms with E-state index < -0.39 is 0 Å². The van der Waals surface area contributed by atoms with Gasteiger partial charge in [0.2, 0.25) is 0 Å². The third-order valence-corrected chi connectivity index (χ3v) is 0.586. The molecule has 78 valence electrons. The molecule has 0 bridgehead atoms. The van der Waals surface area contributed by atoms with Crippen LogP contribution in [0.25, 0.3) is 0 Å². The second kappa shape index (κ2) is 39.8. The van der Waals surface area contributed by atoms with Gasteiger partial charge in [0.1, 0.15) is 0 Å². The summed E-state index contributed by atoms with van der Waals surface area (Å²) in [6.07, 6.45) is 10.0. The van der Waals surface area contributed by atoms with Crippen molar-refractivity contribution in [1.82, 2.24) is 0 Å². The molecule has 0 spiro atoms. The van der Waals surface area contributed by atoms with Crippen LogP contribution in [0.4, 0.5) is 0 Å². The molecule has 1 aliphatic carbocycles. The van der Waals surface area contributed by atoms with E-state index in [1.54, 1.807) is 0 Å². The van der Waals surface area contributed by atoms with Crippen molar-refractivity contribution in [1.29, 1.82) is 0 Å². The summed E-state index contributed by atoms with van der Waals surface area (Å²) in [7, 11) is 0. The van der Waals surface area contributed by atoms with Crippen molar-refractivity contribution >= 4 is 0 Å². The average Bonchev–Trinajstić information content (AvgIpc) is 1.76. The Balaban J connectivity index is -0.00000000714. The predicted octanol–water partition coefficient (Wildman–Crippen LogP) is -6.33. The van der Waals surface area contributed by atoms with E-state index in [4.69, 9.17) is 0 Å². The SMILES string of the molecule is [C-]1=CC=CC1.[CH3-].[CH3-].[CH3-].[Cl-].[Cl-].[Cl-].[Hf]. The molecule has 0 aromatic heterocycles. The predicted molar refractivity (Wildman–Crippen MR) is 40.8 cm³/mol. The summed E-state index contributed by atoms with van der Waals surface area (Å²) < 4.78 is 0. The van der Waals surface area contributed by atoms with E-state index in [1.807, 2.05) is 12.2 Å². The fourth-order valence-corrected chi connectivity index (χ4v) is 0.340. The van der Waals surface area contributed by atoms with Gasteiger partial charge in [-0.25, -0.2) is 12.2 Å². The molecule has 0 atom stereocenters. The van der Waals surface area contributed by atoms with Gasteiger partial charge in [-0.1, -0.05) is 0 Å². The minimum absolute atomic E-state index is 0. The number of hydrogen-bond donors (Lipinski definition) is 0. The fourth-order valence-electron chi connectivity index (χ4n) is 0.340. The Morgan fingerprint density at radius 3 is 1.42 bits per heavy atom. The number of rotatable bonds is 0. The van der Waals surface area contributed by atoms with Crippen LogP contribution in [-0.4, -0.2) is 0 Å². The normalized spacial score (nSPS) is 7.33. The molecule has 0 radical (unpaired) electrons. The Morgan fingerprint density at radius 1 is 0.917 bits per heavy atom. The van der Waals surface area contributed by atoms with Gasteiger partial charge in [-0.3, -0.25) is 6.08 Å². The minimum atomic E-state index is 0. The molecule has 4 heteroatoms. The number of hydrogen-bond acceptors (Lipinski definition) is 0. The van der Waals surface area contributed by atoms with Gasteiger partial charge in [0.25, 0.3) is 0 Å². The summed E-state index contributed by atoms with van der Waals surface area (Å²) in [5.74, 6) is 0. The van der Waals surface area contributed by atoms with Gasteiger partial charge in [-0.05, 0) is 0 Å². The third-order valence-electron chi connectivity index (χ3n) is 0.586. The first-order valence-electron chi connectivity index (χ1n) is 1.72. The molecule has 1 rings (SSSR count). The molecule has 0 saturated carbocycles. The summed E-state index contributed by atoms with van der Waals surface area (Å²) >= 11 is 0. The van der Waals surface area contributed by atoms with Crippen molar-refractivity contribution in [3.8, 4) is 0 Å². The smallest absolute Gasteiger partial charge is 0 e. The maximum atomic E-state index is 2.99. The molecule has 0 aromatic rings. The van der Waals surface area contributed by atoms with Crippen molar-refractivity contribution in [2.45, 2.75) is 6.42 Å². The van der Waals surface area contributed by atoms with Crippen LogP contribution < -0.4 is 37.2 Å². The third kappa shape index (κ3) is 30.3. The second-order valence-electron chi connectivity index (χ2n) is 1.00. The first kappa shape index (κ1) is 51.0. The van der Waals surface area contributed by atoms with Crippen LogP contribution >= 0.6 is 0 Å². The van der Waals surface area contributed by atoms with Gasteiger partial charge in [-0.2, -0.15) is 6.08 Å². The fraction of sp³-hybridized carbons (Fsp3) is 0.125. The summed E-state index contributed by atoms with van der Waals surface area (Å²) in [6.45, 7) is 0. The van der Waals surface area contributed by atoms with Crippen LogP contribution in [0.3, 0.4) is 0 Å².